The molecule has 7 aromatic rings. The Labute approximate surface area is 316 Å². The van der Waals surface area contributed by atoms with Crippen molar-refractivity contribution in [3.63, 3.8) is 0 Å². The van der Waals surface area contributed by atoms with E-state index in [9.17, 15) is 14.4 Å². The van der Waals surface area contributed by atoms with Crippen molar-refractivity contribution >= 4 is 49.6 Å². The van der Waals surface area contributed by atoms with Crippen LogP contribution >= 0.6 is 0 Å². The van der Waals surface area contributed by atoms with Gasteiger partial charge < -0.3 is 24.2 Å². The molecule has 52 heavy (non-hydrogen) atoms. The number of hydrogen-bond donors (Lipinski definition) is 1. The average molecular weight is 874 g/mol. The zero-order valence-corrected chi connectivity index (χ0v) is 31.9. The van der Waals surface area contributed by atoms with Crippen molar-refractivity contribution in [2.45, 2.75) is 78.3 Å². The fourth-order valence-electron chi connectivity index (χ4n) is 6.07. The number of carboxylic acid groups (broad SMARTS) is 1. The molecule has 0 fully saturated rings. The third-order valence-corrected chi connectivity index (χ3v) is 8.65. The molecule has 0 unspecified atom stereocenters. The minimum Gasteiger partial charge on any atom is -0.477 e. The van der Waals surface area contributed by atoms with Crippen molar-refractivity contribution in [3.05, 3.63) is 136 Å². The molecule has 0 saturated heterocycles. The first-order valence-corrected chi connectivity index (χ1v) is 17.7. The number of fused-ring (bicyclic) bond motifs is 6. The number of unbranched alkanes of at least 4 members (excludes halogenated alkanes) is 6. The molecule has 1 N–H and O–H groups in total. The SMILES string of the molecule is CCCCCCn1c(=O)c2ccc[c-]c2c2ncccc21.CCCCCCn1c(=O)c2ccc[c-]c2c2ncccc21.O=C(O)c1ccccn1.[Ir]. The molecule has 7 rings (SSSR count). The molecule has 2 aromatic carbocycles. The normalized spacial score (nSPS) is 10.7. The van der Waals surface area contributed by atoms with Crippen LogP contribution in [0.4, 0.5) is 0 Å². The van der Waals surface area contributed by atoms with E-state index in [1.54, 1.807) is 24.5 Å². The maximum Gasteiger partial charge on any atom is 0.354 e. The van der Waals surface area contributed by atoms with Crippen LogP contribution in [0.1, 0.15) is 75.7 Å². The second kappa shape index (κ2) is 20.1. The number of carbonyl (C=O) groups is 1. The van der Waals surface area contributed by atoms with Gasteiger partial charge in [-0.2, -0.15) is 0 Å². The molecule has 0 amide bonds. The van der Waals surface area contributed by atoms with E-state index in [2.05, 4.69) is 40.9 Å². The Morgan fingerprint density at radius 3 is 1.50 bits per heavy atom. The van der Waals surface area contributed by atoms with Gasteiger partial charge in [0.05, 0.1) is 0 Å². The maximum atomic E-state index is 12.7. The number of aromatic nitrogens is 5. The predicted octanol–water partition coefficient (Wildman–Crippen LogP) is 8.64. The zero-order valence-electron chi connectivity index (χ0n) is 29.6. The van der Waals surface area contributed by atoms with Crippen LogP contribution in [0.2, 0.25) is 0 Å². The van der Waals surface area contributed by atoms with Gasteiger partial charge >= 0.3 is 5.97 Å². The third-order valence-electron chi connectivity index (χ3n) is 8.65. The first kappa shape index (κ1) is 39.7. The molecule has 0 atom stereocenters. The van der Waals surface area contributed by atoms with Crippen molar-refractivity contribution in [1.82, 2.24) is 24.1 Å². The monoisotopic (exact) mass is 874 g/mol. The Morgan fingerprint density at radius 1 is 0.615 bits per heavy atom. The van der Waals surface area contributed by atoms with Crippen LogP contribution in [0.3, 0.4) is 0 Å². The molecule has 271 valence electrons. The summed E-state index contributed by atoms with van der Waals surface area (Å²) in [7, 11) is 0. The summed E-state index contributed by atoms with van der Waals surface area (Å²) >= 11 is 0. The Balaban J connectivity index is 0.000000186. The van der Waals surface area contributed by atoms with Crippen molar-refractivity contribution in [3.8, 4) is 0 Å². The molecule has 0 aliphatic heterocycles. The van der Waals surface area contributed by atoms with Crippen LogP contribution in [0.15, 0.2) is 107 Å². The minimum atomic E-state index is -0.990. The van der Waals surface area contributed by atoms with Gasteiger partial charge in [0.2, 0.25) is 11.1 Å². The van der Waals surface area contributed by atoms with Gasteiger partial charge in [0, 0.05) is 73.9 Å². The molecule has 0 aliphatic carbocycles. The smallest absolute Gasteiger partial charge is 0.354 e. The molecule has 0 bridgehead atoms. The molecule has 0 saturated carbocycles. The Morgan fingerprint density at radius 2 is 1.10 bits per heavy atom. The fraction of sp³-hybridized carbons (Fsp3) is 0.286. The van der Waals surface area contributed by atoms with E-state index in [-0.39, 0.29) is 36.9 Å². The number of benzene rings is 2. The van der Waals surface area contributed by atoms with Gasteiger partial charge in [0.1, 0.15) is 5.69 Å². The van der Waals surface area contributed by atoms with E-state index in [1.165, 1.54) is 37.9 Å². The molecular weight excluding hydrogens is 831 g/mol. The summed E-state index contributed by atoms with van der Waals surface area (Å²) in [4.78, 5) is 48.1. The summed E-state index contributed by atoms with van der Waals surface area (Å²) in [5.74, 6) is -0.990. The largest absolute Gasteiger partial charge is 0.477 e. The minimum absolute atomic E-state index is 0. The maximum absolute atomic E-state index is 12.7. The second-order valence-corrected chi connectivity index (χ2v) is 12.2. The molecular formula is C42H43IrN5O4-2. The standard InChI is InChI=1S/2C18H19N2O.C6H5NO2.Ir/c2*1-2-3-4-7-13-20-16-11-8-12-19-17(16)14-9-5-6-10-15(14)18(20)21;8-6(9)5-3-1-2-4-7-5;/h2*5-6,8,10-12H,2-4,7,13H2,1H3;1-4H,(H,8,9);/q2*-1;;. The number of aryl methyl sites for hydroxylation is 2. The van der Waals surface area contributed by atoms with Crippen LogP contribution in [-0.4, -0.2) is 35.2 Å². The summed E-state index contributed by atoms with van der Waals surface area (Å²) in [6.45, 7) is 5.90. The van der Waals surface area contributed by atoms with E-state index in [0.717, 1.165) is 71.6 Å². The number of aromatic carboxylic acids is 1. The molecule has 9 nitrogen and oxygen atoms in total. The number of nitrogens with zero attached hydrogens (tertiary/aromatic N) is 5. The number of pyridine rings is 5. The van der Waals surface area contributed by atoms with E-state index in [1.807, 2.05) is 69.8 Å². The van der Waals surface area contributed by atoms with E-state index in [0.29, 0.717) is 10.8 Å². The zero-order chi connectivity index (χ0) is 36.0. The molecule has 0 spiro atoms. The van der Waals surface area contributed by atoms with Gasteiger partial charge in [-0.25, -0.2) is 9.78 Å². The Kier molecular flexibility index (Phi) is 15.4. The molecule has 0 aliphatic rings. The van der Waals surface area contributed by atoms with Crippen molar-refractivity contribution in [2.75, 3.05) is 0 Å². The van der Waals surface area contributed by atoms with Crippen molar-refractivity contribution in [2.24, 2.45) is 0 Å². The van der Waals surface area contributed by atoms with Crippen LogP contribution < -0.4 is 11.1 Å². The van der Waals surface area contributed by atoms with Gasteiger partial charge in [0.25, 0.3) is 0 Å². The van der Waals surface area contributed by atoms with E-state index < -0.39 is 5.97 Å². The van der Waals surface area contributed by atoms with Gasteiger partial charge in [-0.15, -0.1) is 59.3 Å². The Hall–Kier alpha value is -5.05. The van der Waals surface area contributed by atoms with Gasteiger partial charge in [-0.05, 0) is 60.0 Å². The summed E-state index contributed by atoms with van der Waals surface area (Å²) in [5.41, 5.74) is 3.77. The summed E-state index contributed by atoms with van der Waals surface area (Å²) < 4.78 is 3.74. The molecule has 1 radical (unpaired) electrons. The first-order valence-electron chi connectivity index (χ1n) is 17.7. The predicted molar refractivity (Wildman–Crippen MR) is 204 cm³/mol. The van der Waals surface area contributed by atoms with Gasteiger partial charge in [-0.1, -0.05) is 58.4 Å². The topological polar surface area (TPSA) is 120 Å². The number of hydrogen-bond acceptors (Lipinski definition) is 6. The van der Waals surface area contributed by atoms with E-state index >= 15 is 0 Å². The number of carboxylic acids is 1. The first-order chi connectivity index (χ1) is 25.0. The Bertz CT molecular complexity index is 2200. The van der Waals surface area contributed by atoms with Crippen LogP contribution in [0, 0.1) is 12.1 Å². The van der Waals surface area contributed by atoms with Crippen LogP contribution in [0.5, 0.6) is 0 Å². The molecule has 5 heterocycles. The van der Waals surface area contributed by atoms with Crippen LogP contribution in [0.25, 0.3) is 43.6 Å². The van der Waals surface area contributed by atoms with Crippen LogP contribution in [-0.2, 0) is 33.2 Å². The average Bonchev–Trinajstić information content (AvgIpc) is 3.18. The van der Waals surface area contributed by atoms with E-state index in [4.69, 9.17) is 5.11 Å². The third kappa shape index (κ3) is 9.63. The summed E-state index contributed by atoms with van der Waals surface area (Å²) in [5, 5.41) is 11.4. The van der Waals surface area contributed by atoms with Crippen molar-refractivity contribution < 1.29 is 30.0 Å². The van der Waals surface area contributed by atoms with Gasteiger partial charge in [0.15, 0.2) is 0 Å². The quantitative estimate of drug-likeness (QED) is 0.0786. The van der Waals surface area contributed by atoms with Gasteiger partial charge in [-0.3, -0.25) is 9.59 Å². The molecule has 10 heteroatoms. The summed E-state index contributed by atoms with van der Waals surface area (Å²) in [6.07, 6.45) is 14.2. The summed E-state index contributed by atoms with van der Waals surface area (Å²) in [6, 6.07) is 29.9. The second-order valence-electron chi connectivity index (χ2n) is 12.2. The fourth-order valence-corrected chi connectivity index (χ4v) is 6.07. The molecule has 5 aromatic heterocycles. The van der Waals surface area contributed by atoms with Crippen molar-refractivity contribution in [1.29, 1.82) is 0 Å². The number of rotatable bonds is 11.